The number of halogens is 2. The van der Waals surface area contributed by atoms with Gasteiger partial charge in [0.25, 0.3) is 12.3 Å². The molecule has 3 N–H and O–H groups in total. The molecule has 0 aliphatic carbocycles. The largest absolute Gasteiger partial charge is 0.382 e. The number of thiazole rings is 1. The van der Waals surface area contributed by atoms with E-state index in [4.69, 9.17) is 5.73 Å². The van der Waals surface area contributed by atoms with E-state index in [1.165, 1.54) is 0 Å². The van der Waals surface area contributed by atoms with E-state index in [1.807, 2.05) is 4.90 Å². The molecule has 2 rings (SSSR count). The molecule has 0 saturated carbocycles. The van der Waals surface area contributed by atoms with E-state index in [9.17, 15) is 13.6 Å². The lowest BCUT2D eigenvalue weighted by Gasteiger charge is -2.11. The Bertz CT molecular complexity index is 432. The lowest BCUT2D eigenvalue weighted by atomic mass is 10.4. The van der Waals surface area contributed by atoms with E-state index in [0.717, 1.165) is 37.3 Å². The quantitative estimate of drug-likeness (QED) is 0.870. The van der Waals surface area contributed by atoms with Crippen LogP contribution in [-0.2, 0) is 0 Å². The molecule has 1 saturated heterocycles. The van der Waals surface area contributed by atoms with Crippen LogP contribution in [0.4, 0.5) is 19.7 Å². The average molecular weight is 276 g/mol. The zero-order valence-corrected chi connectivity index (χ0v) is 10.5. The first-order valence-electron chi connectivity index (χ1n) is 5.65. The number of aromatic nitrogens is 1. The van der Waals surface area contributed by atoms with Crippen molar-refractivity contribution in [3.8, 4) is 0 Å². The van der Waals surface area contributed by atoms with Crippen molar-refractivity contribution in [3.63, 3.8) is 0 Å². The Morgan fingerprint density at radius 1 is 1.50 bits per heavy atom. The first-order valence-corrected chi connectivity index (χ1v) is 6.47. The molecule has 1 fully saturated rings. The monoisotopic (exact) mass is 276 g/mol. The number of hydrogen-bond donors (Lipinski definition) is 2. The Morgan fingerprint density at radius 3 is 2.78 bits per heavy atom. The molecule has 100 valence electrons. The number of nitrogens with one attached hydrogen (secondary N) is 1. The van der Waals surface area contributed by atoms with Crippen molar-refractivity contribution in [2.45, 2.75) is 19.3 Å². The molecule has 0 unspecified atom stereocenters. The van der Waals surface area contributed by atoms with Crippen LogP contribution in [0.25, 0.3) is 0 Å². The zero-order valence-electron chi connectivity index (χ0n) is 9.66. The molecule has 0 radical (unpaired) electrons. The summed E-state index contributed by atoms with van der Waals surface area (Å²) in [6.07, 6.45) is -0.389. The van der Waals surface area contributed by atoms with E-state index in [0.29, 0.717) is 5.13 Å². The van der Waals surface area contributed by atoms with Gasteiger partial charge in [-0.15, -0.1) is 0 Å². The topological polar surface area (TPSA) is 71.2 Å². The minimum absolute atomic E-state index is 0.105. The maximum atomic E-state index is 12.0. The summed E-state index contributed by atoms with van der Waals surface area (Å²) >= 11 is 1.15. The maximum absolute atomic E-state index is 12.0. The SMILES string of the molecule is Nc1nc(N2CCCC2)sc1C(=O)NCC(F)F. The van der Waals surface area contributed by atoms with E-state index < -0.39 is 18.9 Å². The van der Waals surface area contributed by atoms with E-state index in [-0.39, 0.29) is 10.7 Å². The van der Waals surface area contributed by atoms with Crippen LogP contribution < -0.4 is 16.0 Å². The normalized spacial score (nSPS) is 15.4. The molecule has 0 spiro atoms. The number of nitrogens with two attached hydrogens (primary N) is 1. The Hall–Kier alpha value is -1.44. The highest BCUT2D eigenvalue weighted by molar-refractivity contribution is 7.18. The highest BCUT2D eigenvalue weighted by atomic mass is 32.1. The molecular weight excluding hydrogens is 262 g/mol. The fourth-order valence-corrected chi connectivity index (χ4v) is 2.73. The summed E-state index contributed by atoms with van der Waals surface area (Å²) in [6.45, 7) is 1.12. The Balaban J connectivity index is 2.06. The molecule has 1 aromatic rings. The summed E-state index contributed by atoms with van der Waals surface area (Å²) in [5.74, 6) is -0.482. The van der Waals surface area contributed by atoms with Gasteiger partial charge in [-0.25, -0.2) is 13.8 Å². The fourth-order valence-electron chi connectivity index (χ4n) is 1.78. The minimum Gasteiger partial charge on any atom is -0.382 e. The molecule has 1 aliphatic rings. The van der Waals surface area contributed by atoms with Crippen molar-refractivity contribution in [1.82, 2.24) is 10.3 Å². The minimum atomic E-state index is -2.57. The van der Waals surface area contributed by atoms with Crippen LogP contribution in [0.1, 0.15) is 22.5 Å². The summed E-state index contributed by atoms with van der Waals surface area (Å²) in [5.41, 5.74) is 5.64. The van der Waals surface area contributed by atoms with Crippen LogP contribution in [0.5, 0.6) is 0 Å². The predicted molar refractivity (Wildman–Crippen MR) is 66.3 cm³/mol. The number of carbonyl (C=O) groups excluding carboxylic acids is 1. The van der Waals surface area contributed by atoms with Crippen molar-refractivity contribution in [1.29, 1.82) is 0 Å². The first-order chi connectivity index (χ1) is 8.58. The number of hydrogen-bond acceptors (Lipinski definition) is 5. The third-order valence-corrected chi connectivity index (χ3v) is 3.77. The third kappa shape index (κ3) is 2.87. The lowest BCUT2D eigenvalue weighted by molar-refractivity contribution is 0.0896. The third-order valence-electron chi connectivity index (χ3n) is 2.64. The van der Waals surface area contributed by atoms with Gasteiger partial charge in [0.1, 0.15) is 10.7 Å². The van der Waals surface area contributed by atoms with Gasteiger partial charge in [-0.05, 0) is 12.8 Å². The van der Waals surface area contributed by atoms with E-state index in [1.54, 1.807) is 0 Å². The molecular formula is C10H14F2N4OS. The standard InChI is InChI=1S/C10H14F2N4OS/c11-6(12)5-14-9(17)7-8(13)15-10(18-7)16-3-1-2-4-16/h6H,1-5,13H2,(H,14,17). The number of rotatable bonds is 4. The van der Waals surface area contributed by atoms with Crippen LogP contribution in [0.2, 0.25) is 0 Å². The van der Waals surface area contributed by atoms with Crippen LogP contribution in [0.3, 0.4) is 0 Å². The smallest absolute Gasteiger partial charge is 0.265 e. The van der Waals surface area contributed by atoms with Crippen LogP contribution in [0, 0.1) is 0 Å². The number of amides is 1. The highest BCUT2D eigenvalue weighted by Crippen LogP contribution is 2.30. The maximum Gasteiger partial charge on any atom is 0.265 e. The van der Waals surface area contributed by atoms with Gasteiger partial charge in [-0.3, -0.25) is 4.79 Å². The molecule has 18 heavy (non-hydrogen) atoms. The van der Waals surface area contributed by atoms with Crippen molar-refractivity contribution in [3.05, 3.63) is 4.88 Å². The number of carbonyl (C=O) groups is 1. The Morgan fingerprint density at radius 2 is 2.17 bits per heavy atom. The highest BCUT2D eigenvalue weighted by Gasteiger charge is 2.21. The van der Waals surface area contributed by atoms with Crippen LogP contribution in [0.15, 0.2) is 0 Å². The van der Waals surface area contributed by atoms with Crippen LogP contribution >= 0.6 is 11.3 Å². The van der Waals surface area contributed by atoms with Gasteiger partial charge >= 0.3 is 0 Å². The average Bonchev–Trinajstić information content (AvgIpc) is 2.94. The van der Waals surface area contributed by atoms with Crippen molar-refractivity contribution in [2.24, 2.45) is 0 Å². The number of alkyl halides is 2. The second-order valence-electron chi connectivity index (χ2n) is 4.01. The van der Waals surface area contributed by atoms with Gasteiger partial charge in [-0.2, -0.15) is 0 Å². The Labute approximate surface area is 107 Å². The van der Waals surface area contributed by atoms with Crippen molar-refractivity contribution >= 4 is 28.2 Å². The summed E-state index contributed by atoms with van der Waals surface area (Å²) < 4.78 is 24.0. The first kappa shape index (κ1) is 13.0. The molecule has 1 aliphatic heterocycles. The van der Waals surface area contributed by atoms with E-state index >= 15 is 0 Å². The zero-order chi connectivity index (χ0) is 13.1. The lowest BCUT2D eigenvalue weighted by Crippen LogP contribution is -2.28. The van der Waals surface area contributed by atoms with Gasteiger partial charge in [0.2, 0.25) is 0 Å². The summed E-state index contributed by atoms with van der Waals surface area (Å²) in [5, 5.41) is 2.81. The van der Waals surface area contributed by atoms with Crippen molar-refractivity contribution < 1.29 is 13.6 Å². The molecule has 2 heterocycles. The van der Waals surface area contributed by atoms with Gasteiger partial charge in [0.05, 0.1) is 6.54 Å². The van der Waals surface area contributed by atoms with Crippen molar-refractivity contribution in [2.75, 3.05) is 30.3 Å². The number of nitrogen functional groups attached to an aromatic ring is 1. The molecule has 0 atom stereocenters. The Kier molecular flexibility index (Phi) is 3.95. The van der Waals surface area contributed by atoms with Crippen LogP contribution in [-0.4, -0.2) is 37.0 Å². The summed E-state index contributed by atoms with van der Waals surface area (Å²) in [6, 6.07) is 0. The predicted octanol–water partition coefficient (Wildman–Crippen LogP) is 1.32. The summed E-state index contributed by atoms with van der Waals surface area (Å²) in [4.78, 5) is 18.0. The van der Waals surface area contributed by atoms with Gasteiger partial charge < -0.3 is 16.0 Å². The van der Waals surface area contributed by atoms with Gasteiger partial charge in [0, 0.05) is 13.1 Å². The van der Waals surface area contributed by atoms with E-state index in [2.05, 4.69) is 10.3 Å². The summed E-state index contributed by atoms with van der Waals surface area (Å²) in [7, 11) is 0. The fraction of sp³-hybridized carbons (Fsp3) is 0.600. The molecule has 0 aromatic carbocycles. The molecule has 1 aromatic heterocycles. The number of anilines is 2. The molecule has 1 amide bonds. The molecule has 0 bridgehead atoms. The molecule has 5 nitrogen and oxygen atoms in total. The second kappa shape index (κ2) is 5.47. The van der Waals surface area contributed by atoms with Gasteiger partial charge in [-0.1, -0.05) is 11.3 Å². The molecule has 8 heteroatoms. The second-order valence-corrected chi connectivity index (χ2v) is 4.98. The van der Waals surface area contributed by atoms with Gasteiger partial charge in [0.15, 0.2) is 5.13 Å². The number of nitrogens with zero attached hydrogens (tertiary/aromatic N) is 2.